The van der Waals surface area contributed by atoms with Crippen LogP contribution in [0.5, 0.6) is 0 Å². The molecule has 1 fully saturated rings. The second kappa shape index (κ2) is 12.6. The molecule has 242 valence electrons. The molecule has 0 spiro atoms. The summed E-state index contributed by atoms with van der Waals surface area (Å²) in [6, 6.07) is 21.6. The van der Waals surface area contributed by atoms with Crippen LogP contribution in [-0.4, -0.2) is 40.1 Å². The number of fused-ring (bicyclic) bond motifs is 2. The number of anilines is 2. The molecule has 3 aromatic carbocycles. The molecule has 0 aliphatic carbocycles. The number of thiazole rings is 1. The van der Waals surface area contributed by atoms with Crippen LogP contribution in [0, 0.1) is 12.8 Å². The summed E-state index contributed by atoms with van der Waals surface area (Å²) in [7, 11) is 0. The molecule has 4 aromatic rings. The molecular weight excluding hydrogens is 635 g/mol. The van der Waals surface area contributed by atoms with Gasteiger partial charge in [0.15, 0.2) is 0 Å². The van der Waals surface area contributed by atoms with Crippen LogP contribution in [0.4, 0.5) is 11.4 Å². The van der Waals surface area contributed by atoms with Crippen molar-refractivity contribution in [2.24, 2.45) is 5.92 Å². The third kappa shape index (κ3) is 6.17. The highest BCUT2D eigenvalue weighted by Crippen LogP contribution is 2.54. The summed E-state index contributed by atoms with van der Waals surface area (Å²) in [6.45, 7) is 10.0. The predicted molar refractivity (Wildman–Crippen MR) is 183 cm³/mol. The zero-order chi connectivity index (χ0) is 33.6. The van der Waals surface area contributed by atoms with Gasteiger partial charge in [-0.25, -0.2) is 9.69 Å². The number of esters is 1. The molecule has 0 saturated carbocycles. The number of amides is 3. The molecular formula is C36H35N3O6S2. The molecule has 0 radical (unpaired) electrons. The SMILES string of the molecule is CCOC(=O)c1ccc(N2C(=O)[C@H]3[C@H](c4ccc(C(C)(C)C)cc4)c4sc(=O)n(CC(=O)Nc5ccc(C)cc5)c4S[C@H]3C2=O)cc1. The third-order valence-corrected chi connectivity index (χ3v) is 11.1. The lowest BCUT2D eigenvalue weighted by Crippen LogP contribution is -2.33. The van der Waals surface area contributed by atoms with Gasteiger partial charge in [-0.05, 0) is 66.8 Å². The second-order valence-electron chi connectivity index (χ2n) is 12.7. The molecule has 11 heteroatoms. The highest BCUT2D eigenvalue weighted by molar-refractivity contribution is 8.00. The van der Waals surface area contributed by atoms with E-state index in [0.717, 1.165) is 39.8 Å². The van der Waals surface area contributed by atoms with Crippen LogP contribution in [0.1, 0.15) is 65.5 Å². The van der Waals surface area contributed by atoms with Gasteiger partial charge in [0.25, 0.3) is 0 Å². The van der Waals surface area contributed by atoms with Gasteiger partial charge in [0, 0.05) is 16.5 Å². The van der Waals surface area contributed by atoms with Gasteiger partial charge in [0.2, 0.25) is 17.7 Å². The molecule has 0 bridgehead atoms. The van der Waals surface area contributed by atoms with Crippen LogP contribution in [0.2, 0.25) is 0 Å². The van der Waals surface area contributed by atoms with Crippen molar-refractivity contribution in [2.75, 3.05) is 16.8 Å². The Morgan fingerprint density at radius 2 is 1.55 bits per heavy atom. The maximum atomic E-state index is 14.2. The van der Waals surface area contributed by atoms with Gasteiger partial charge in [-0.15, -0.1) is 0 Å². The van der Waals surface area contributed by atoms with Gasteiger partial charge in [0.1, 0.15) is 11.8 Å². The Labute approximate surface area is 280 Å². The third-order valence-electron chi connectivity index (χ3n) is 8.46. The number of imide groups is 1. The van der Waals surface area contributed by atoms with E-state index in [-0.39, 0.29) is 35.3 Å². The van der Waals surface area contributed by atoms with E-state index in [1.165, 1.54) is 21.6 Å². The fourth-order valence-corrected chi connectivity index (χ4v) is 8.77. The Morgan fingerprint density at radius 1 is 0.894 bits per heavy atom. The Kier molecular flexibility index (Phi) is 8.71. The van der Waals surface area contributed by atoms with E-state index >= 15 is 0 Å². The highest BCUT2D eigenvalue weighted by Gasteiger charge is 2.56. The van der Waals surface area contributed by atoms with E-state index in [4.69, 9.17) is 4.74 Å². The second-order valence-corrected chi connectivity index (χ2v) is 14.9. The van der Waals surface area contributed by atoms with E-state index in [1.54, 1.807) is 31.2 Å². The largest absolute Gasteiger partial charge is 0.462 e. The molecule has 1 saturated heterocycles. The van der Waals surface area contributed by atoms with Gasteiger partial charge in [0.05, 0.1) is 28.8 Å². The Bertz CT molecular complexity index is 1920. The summed E-state index contributed by atoms with van der Waals surface area (Å²) in [6.07, 6.45) is 0. The molecule has 2 aliphatic heterocycles. The first-order valence-electron chi connectivity index (χ1n) is 15.4. The average Bonchev–Trinajstić information content (AvgIpc) is 3.48. The Morgan fingerprint density at radius 3 is 2.17 bits per heavy atom. The molecule has 6 rings (SSSR count). The van der Waals surface area contributed by atoms with Crippen LogP contribution in [0.25, 0.3) is 0 Å². The summed E-state index contributed by atoms with van der Waals surface area (Å²) in [5.74, 6) is -3.01. The number of nitrogens with zero attached hydrogens (tertiary/aromatic N) is 2. The molecule has 1 aromatic heterocycles. The van der Waals surface area contributed by atoms with Gasteiger partial charge in [-0.2, -0.15) is 0 Å². The zero-order valence-corrected chi connectivity index (χ0v) is 28.4. The number of aryl methyl sites for hydroxylation is 1. The first-order chi connectivity index (χ1) is 22.4. The number of benzene rings is 3. The molecule has 0 unspecified atom stereocenters. The maximum absolute atomic E-state index is 14.2. The number of hydrogen-bond donors (Lipinski definition) is 1. The first kappa shape index (κ1) is 32.5. The number of nitrogens with one attached hydrogen (secondary N) is 1. The molecule has 3 amide bonds. The van der Waals surface area contributed by atoms with E-state index in [1.807, 2.05) is 43.3 Å². The molecule has 9 nitrogen and oxygen atoms in total. The minimum absolute atomic E-state index is 0.0980. The predicted octanol–water partition coefficient (Wildman–Crippen LogP) is 6.13. The van der Waals surface area contributed by atoms with Crippen LogP contribution in [0.3, 0.4) is 0 Å². The number of hydrogen-bond acceptors (Lipinski definition) is 8. The lowest BCUT2D eigenvalue weighted by molar-refractivity contribution is -0.122. The number of ether oxygens (including phenoxy) is 1. The van der Waals surface area contributed by atoms with E-state index < -0.39 is 29.0 Å². The zero-order valence-electron chi connectivity index (χ0n) is 26.7. The fourth-order valence-electron chi connectivity index (χ4n) is 6.00. The summed E-state index contributed by atoms with van der Waals surface area (Å²) >= 11 is 2.18. The first-order valence-corrected chi connectivity index (χ1v) is 17.1. The maximum Gasteiger partial charge on any atom is 0.338 e. The van der Waals surface area contributed by atoms with Gasteiger partial charge in [-0.1, -0.05) is 85.8 Å². The highest BCUT2D eigenvalue weighted by atomic mass is 32.2. The summed E-state index contributed by atoms with van der Waals surface area (Å²) in [4.78, 5) is 68.7. The standard InChI is InChI=1S/C36H35N3O6S2/c1-6-45-34(43)22-11-17-25(18-12-22)39-31(41)28-27(21-9-13-23(14-10-21)36(3,4)5)30-33(46-29(28)32(39)42)38(35(44)47-30)19-26(40)37-24-15-7-20(2)8-16-24/h7-18,27-29H,6,19H2,1-5H3,(H,37,40)/t27-,28-,29+/m0/s1. The number of carbonyl (C=O) groups is 4. The Hall–Kier alpha value is -4.48. The van der Waals surface area contributed by atoms with Crippen molar-refractivity contribution in [1.82, 2.24) is 4.57 Å². The van der Waals surface area contributed by atoms with Crippen molar-refractivity contribution in [2.45, 2.75) is 62.8 Å². The quantitative estimate of drug-likeness (QED) is 0.186. The van der Waals surface area contributed by atoms with Crippen molar-refractivity contribution in [3.05, 3.63) is 110 Å². The van der Waals surface area contributed by atoms with Gasteiger partial charge in [-0.3, -0.25) is 23.7 Å². The molecule has 2 aliphatic rings. The van der Waals surface area contributed by atoms with Crippen molar-refractivity contribution in [1.29, 1.82) is 0 Å². The number of carbonyl (C=O) groups excluding carboxylic acids is 4. The number of thioether (sulfide) groups is 1. The molecule has 3 heterocycles. The van der Waals surface area contributed by atoms with Crippen LogP contribution in [-0.2, 0) is 31.1 Å². The van der Waals surface area contributed by atoms with Gasteiger partial charge < -0.3 is 10.1 Å². The van der Waals surface area contributed by atoms with E-state index in [9.17, 15) is 24.0 Å². The van der Waals surface area contributed by atoms with Crippen molar-refractivity contribution < 1.29 is 23.9 Å². The summed E-state index contributed by atoms with van der Waals surface area (Å²) < 4.78 is 6.49. The van der Waals surface area contributed by atoms with Crippen molar-refractivity contribution in [3.63, 3.8) is 0 Å². The van der Waals surface area contributed by atoms with E-state index in [2.05, 4.69) is 26.1 Å². The van der Waals surface area contributed by atoms with Crippen LogP contribution < -0.4 is 15.1 Å². The Balaban J connectivity index is 1.39. The lowest BCUT2D eigenvalue weighted by Gasteiger charge is -2.31. The average molecular weight is 670 g/mol. The van der Waals surface area contributed by atoms with Crippen molar-refractivity contribution in [3.8, 4) is 0 Å². The number of rotatable bonds is 7. The van der Waals surface area contributed by atoms with Crippen LogP contribution in [0.15, 0.2) is 82.6 Å². The monoisotopic (exact) mass is 669 g/mol. The van der Waals surface area contributed by atoms with Crippen molar-refractivity contribution >= 4 is 58.2 Å². The summed E-state index contributed by atoms with van der Waals surface area (Å²) in [5.41, 5.74) is 4.16. The summed E-state index contributed by atoms with van der Waals surface area (Å²) in [5, 5.41) is 2.54. The lowest BCUT2D eigenvalue weighted by atomic mass is 9.81. The van der Waals surface area contributed by atoms with Crippen LogP contribution >= 0.6 is 23.1 Å². The number of aromatic nitrogens is 1. The normalized spacial score (nSPS) is 18.9. The minimum Gasteiger partial charge on any atom is -0.462 e. The minimum atomic E-state index is -0.826. The van der Waals surface area contributed by atoms with Gasteiger partial charge >= 0.3 is 10.8 Å². The molecule has 3 atom stereocenters. The van der Waals surface area contributed by atoms with E-state index in [0.29, 0.717) is 26.8 Å². The fraction of sp³-hybridized carbons (Fsp3) is 0.306. The molecule has 1 N–H and O–H groups in total. The smallest absolute Gasteiger partial charge is 0.338 e. The topological polar surface area (TPSA) is 115 Å². The molecule has 47 heavy (non-hydrogen) atoms.